The zero-order chi connectivity index (χ0) is 31.4. The van der Waals surface area contributed by atoms with E-state index < -0.39 is 61.2 Å². The topological polar surface area (TPSA) is 165 Å². The number of nitrogens with one attached hydrogen (secondary N) is 1. The Morgan fingerprint density at radius 1 is 0.837 bits per heavy atom. The number of ether oxygens (including phenoxy) is 7. The minimum Gasteiger partial charge on any atom is -0.493 e. The van der Waals surface area contributed by atoms with E-state index in [4.69, 9.17) is 33.2 Å². The highest BCUT2D eigenvalue weighted by Crippen LogP contribution is 2.35. The SMILES string of the molecule is CCN(CC)CCNC(=O)c1ccc(OC2OC(COC(C)=O)C(OC(C)=O)C(OC(C)=O)C2OC(C)=O)c(OC)c1.Cl. The van der Waals surface area contributed by atoms with Gasteiger partial charge in [-0.25, -0.2) is 0 Å². The average molecular weight is 633 g/mol. The molecule has 1 amide bonds. The summed E-state index contributed by atoms with van der Waals surface area (Å²) in [7, 11) is 1.37. The van der Waals surface area contributed by atoms with E-state index in [1.807, 2.05) is 13.8 Å². The van der Waals surface area contributed by atoms with Gasteiger partial charge >= 0.3 is 23.9 Å². The Hall–Kier alpha value is -3.62. The molecule has 5 unspecified atom stereocenters. The molecule has 0 spiro atoms. The Morgan fingerprint density at radius 3 is 1.95 bits per heavy atom. The molecule has 15 heteroatoms. The van der Waals surface area contributed by atoms with E-state index in [0.29, 0.717) is 18.7 Å². The molecule has 1 aliphatic rings. The number of likely N-dealkylation sites (N-methyl/N-ethyl adjacent to an activating group) is 1. The van der Waals surface area contributed by atoms with Crippen LogP contribution in [-0.4, -0.2) is 105 Å². The van der Waals surface area contributed by atoms with Gasteiger partial charge < -0.3 is 43.4 Å². The van der Waals surface area contributed by atoms with Crippen LogP contribution < -0.4 is 14.8 Å². The molecule has 242 valence electrons. The smallest absolute Gasteiger partial charge is 0.303 e. The molecule has 0 bridgehead atoms. The molecule has 1 aliphatic heterocycles. The average Bonchev–Trinajstić information content (AvgIpc) is 2.92. The fraction of sp³-hybridized carbons (Fsp3) is 0.607. The van der Waals surface area contributed by atoms with Gasteiger partial charge in [-0.3, -0.25) is 24.0 Å². The number of rotatable bonds is 14. The fourth-order valence-corrected chi connectivity index (χ4v) is 4.28. The van der Waals surface area contributed by atoms with Crippen LogP contribution in [-0.2, 0) is 42.9 Å². The first kappa shape index (κ1) is 37.4. The minimum absolute atomic E-state index is 0. The molecule has 2 rings (SSSR count). The molecule has 5 atom stereocenters. The molecule has 1 saturated heterocycles. The summed E-state index contributed by atoms with van der Waals surface area (Å²) in [6.07, 6.45) is -6.76. The molecular formula is C28H41ClN2O12. The van der Waals surface area contributed by atoms with Crippen molar-refractivity contribution in [3.05, 3.63) is 23.8 Å². The van der Waals surface area contributed by atoms with Gasteiger partial charge in [-0.05, 0) is 31.3 Å². The lowest BCUT2D eigenvalue weighted by molar-refractivity contribution is -0.288. The van der Waals surface area contributed by atoms with Crippen molar-refractivity contribution in [1.82, 2.24) is 10.2 Å². The lowest BCUT2D eigenvalue weighted by Gasteiger charge is -2.44. The van der Waals surface area contributed by atoms with Crippen LogP contribution in [0.25, 0.3) is 0 Å². The van der Waals surface area contributed by atoms with Crippen LogP contribution in [0.15, 0.2) is 18.2 Å². The van der Waals surface area contributed by atoms with Crippen LogP contribution in [0.3, 0.4) is 0 Å². The largest absolute Gasteiger partial charge is 0.493 e. The van der Waals surface area contributed by atoms with Crippen molar-refractivity contribution in [3.8, 4) is 11.5 Å². The molecule has 0 saturated carbocycles. The number of methoxy groups -OCH3 is 1. The molecule has 14 nitrogen and oxygen atoms in total. The quantitative estimate of drug-likeness (QED) is 0.233. The third-order valence-corrected chi connectivity index (χ3v) is 6.23. The van der Waals surface area contributed by atoms with E-state index in [-0.39, 0.29) is 29.8 Å². The molecule has 1 aromatic rings. The number of benzene rings is 1. The van der Waals surface area contributed by atoms with E-state index in [1.54, 1.807) is 0 Å². The zero-order valence-corrected chi connectivity index (χ0v) is 26.2. The summed E-state index contributed by atoms with van der Waals surface area (Å²) in [6, 6.07) is 4.44. The summed E-state index contributed by atoms with van der Waals surface area (Å²) < 4.78 is 38.7. The predicted octanol–water partition coefficient (Wildman–Crippen LogP) is 1.65. The second kappa shape index (κ2) is 18.1. The van der Waals surface area contributed by atoms with Gasteiger partial charge in [0, 0.05) is 46.3 Å². The van der Waals surface area contributed by atoms with Crippen molar-refractivity contribution in [2.75, 3.05) is 39.9 Å². The third kappa shape index (κ3) is 11.5. The van der Waals surface area contributed by atoms with Crippen LogP contribution in [0.1, 0.15) is 51.9 Å². The molecule has 43 heavy (non-hydrogen) atoms. The van der Waals surface area contributed by atoms with E-state index in [2.05, 4.69) is 10.2 Å². The van der Waals surface area contributed by atoms with E-state index in [9.17, 15) is 24.0 Å². The Morgan fingerprint density at radius 2 is 1.42 bits per heavy atom. The van der Waals surface area contributed by atoms with Crippen molar-refractivity contribution in [2.24, 2.45) is 0 Å². The molecule has 1 aromatic carbocycles. The predicted molar refractivity (Wildman–Crippen MR) is 153 cm³/mol. The van der Waals surface area contributed by atoms with Crippen molar-refractivity contribution >= 4 is 42.2 Å². The van der Waals surface area contributed by atoms with Crippen molar-refractivity contribution < 1.29 is 57.1 Å². The van der Waals surface area contributed by atoms with E-state index >= 15 is 0 Å². The van der Waals surface area contributed by atoms with Crippen molar-refractivity contribution in [2.45, 2.75) is 72.2 Å². The van der Waals surface area contributed by atoms with Gasteiger partial charge in [-0.1, -0.05) is 13.8 Å². The maximum absolute atomic E-state index is 12.7. The first-order valence-corrected chi connectivity index (χ1v) is 13.6. The molecule has 0 aliphatic carbocycles. The maximum Gasteiger partial charge on any atom is 0.303 e. The van der Waals surface area contributed by atoms with E-state index in [1.165, 1.54) is 32.2 Å². The fourth-order valence-electron chi connectivity index (χ4n) is 4.28. The summed E-state index contributed by atoms with van der Waals surface area (Å²) in [6.45, 7) is 11.1. The zero-order valence-electron chi connectivity index (χ0n) is 25.4. The summed E-state index contributed by atoms with van der Waals surface area (Å²) in [5.41, 5.74) is 0.306. The van der Waals surface area contributed by atoms with Crippen LogP contribution in [0.2, 0.25) is 0 Å². The van der Waals surface area contributed by atoms with Gasteiger partial charge in [0.05, 0.1) is 7.11 Å². The highest BCUT2D eigenvalue weighted by Gasteiger charge is 2.53. The maximum atomic E-state index is 12.7. The number of esters is 4. The molecule has 1 fully saturated rings. The van der Waals surface area contributed by atoms with Gasteiger partial charge in [0.2, 0.25) is 12.4 Å². The molecule has 1 N–H and O–H groups in total. The van der Waals surface area contributed by atoms with Crippen LogP contribution in [0.5, 0.6) is 11.5 Å². The first-order chi connectivity index (χ1) is 19.9. The number of amides is 1. The van der Waals surface area contributed by atoms with Gasteiger partial charge in [0.1, 0.15) is 12.7 Å². The monoisotopic (exact) mass is 632 g/mol. The summed E-state index contributed by atoms with van der Waals surface area (Å²) in [4.78, 5) is 62.4. The first-order valence-electron chi connectivity index (χ1n) is 13.6. The highest BCUT2D eigenvalue weighted by atomic mass is 35.5. The van der Waals surface area contributed by atoms with Crippen molar-refractivity contribution in [1.29, 1.82) is 0 Å². The molecule has 1 heterocycles. The number of halogens is 1. The minimum atomic E-state index is -1.45. The lowest BCUT2D eigenvalue weighted by atomic mass is 9.98. The Bertz CT molecular complexity index is 1110. The second-order valence-electron chi connectivity index (χ2n) is 9.33. The Labute approximate surface area is 257 Å². The number of carbonyl (C=O) groups excluding carboxylic acids is 5. The lowest BCUT2D eigenvalue weighted by Crippen LogP contribution is -2.63. The van der Waals surface area contributed by atoms with Crippen LogP contribution >= 0.6 is 12.4 Å². The van der Waals surface area contributed by atoms with Crippen LogP contribution in [0.4, 0.5) is 0 Å². The van der Waals surface area contributed by atoms with Gasteiger partial charge in [0.15, 0.2) is 23.7 Å². The van der Waals surface area contributed by atoms with Gasteiger partial charge in [-0.2, -0.15) is 0 Å². The highest BCUT2D eigenvalue weighted by molar-refractivity contribution is 5.94. The molecule has 0 aromatic heterocycles. The summed E-state index contributed by atoms with van der Waals surface area (Å²) >= 11 is 0. The number of hydrogen-bond donors (Lipinski definition) is 1. The second-order valence-corrected chi connectivity index (χ2v) is 9.33. The Kier molecular flexibility index (Phi) is 15.8. The van der Waals surface area contributed by atoms with Gasteiger partial charge in [-0.15, -0.1) is 12.4 Å². The van der Waals surface area contributed by atoms with Crippen LogP contribution in [0, 0.1) is 0 Å². The normalized spacial score (nSPS) is 21.1. The van der Waals surface area contributed by atoms with E-state index in [0.717, 1.165) is 33.9 Å². The molecule has 0 radical (unpaired) electrons. The Balaban J connectivity index is 0.00000924. The summed E-state index contributed by atoms with van der Waals surface area (Å²) in [5.74, 6) is -3.00. The number of nitrogens with zero attached hydrogens (tertiary/aromatic N) is 1. The number of hydrogen-bond acceptors (Lipinski definition) is 13. The van der Waals surface area contributed by atoms with Gasteiger partial charge in [0.25, 0.3) is 5.91 Å². The molecular weight excluding hydrogens is 592 g/mol. The standard InChI is InChI=1S/C28H40N2O12.ClH/c1-8-30(9-2)13-12-29-27(35)20-10-11-21(22(14-20)36-7)41-28-26(40-19(6)34)25(39-18(5)33)24(38-17(4)32)23(42-28)15-37-16(3)31;/h10-11,14,23-26,28H,8-9,12-13,15H2,1-7H3,(H,29,35);1H. The number of carbonyl (C=O) groups is 5. The summed E-state index contributed by atoms with van der Waals surface area (Å²) in [5, 5.41) is 2.86. The third-order valence-electron chi connectivity index (χ3n) is 6.23. The van der Waals surface area contributed by atoms with Crippen molar-refractivity contribution in [3.63, 3.8) is 0 Å².